The van der Waals surface area contributed by atoms with E-state index in [1.807, 2.05) is 35.1 Å². The molecule has 0 fully saturated rings. The Morgan fingerprint density at radius 2 is 2.00 bits per heavy atom. The van der Waals surface area contributed by atoms with Crippen LogP contribution in [0.4, 0.5) is 0 Å². The van der Waals surface area contributed by atoms with Crippen LogP contribution in [0.1, 0.15) is 31.2 Å². The maximum atomic E-state index is 5.95. The normalized spacial score (nSPS) is 11.4. The highest BCUT2D eigenvalue weighted by molar-refractivity contribution is 6.17. The minimum Gasteiger partial charge on any atom is -0.251 e. The summed E-state index contributed by atoms with van der Waals surface area (Å²) >= 11 is 5.95. The number of rotatable bonds is 3. The summed E-state index contributed by atoms with van der Waals surface area (Å²) in [7, 11) is 0. The van der Waals surface area contributed by atoms with Gasteiger partial charge in [0.1, 0.15) is 0 Å². The maximum Gasteiger partial charge on any atom is 0.0758 e. The van der Waals surface area contributed by atoms with Crippen molar-refractivity contribution in [2.45, 2.75) is 25.6 Å². The van der Waals surface area contributed by atoms with Gasteiger partial charge in [-0.2, -0.15) is 5.10 Å². The number of hydrogen-bond donors (Lipinski definition) is 0. The van der Waals surface area contributed by atoms with E-state index in [9.17, 15) is 0 Å². The van der Waals surface area contributed by atoms with Crippen molar-refractivity contribution < 1.29 is 0 Å². The first-order valence-electron chi connectivity index (χ1n) is 6.69. The molecule has 4 heteroatoms. The number of halogens is 1. The molecule has 1 aromatic carbocycles. The lowest BCUT2D eigenvalue weighted by Crippen LogP contribution is -2.01. The van der Waals surface area contributed by atoms with Gasteiger partial charge in [-0.25, -0.2) is 4.68 Å². The summed E-state index contributed by atoms with van der Waals surface area (Å²) in [5, 5.41) is 5.73. The van der Waals surface area contributed by atoms with Crippen LogP contribution < -0.4 is 0 Å². The zero-order valence-electron chi connectivity index (χ0n) is 11.5. The molecule has 0 bridgehead atoms. The summed E-state index contributed by atoms with van der Waals surface area (Å²) in [6, 6.07) is 12.1. The van der Waals surface area contributed by atoms with E-state index in [0.717, 1.165) is 28.0 Å². The molecule has 3 nitrogen and oxygen atoms in total. The van der Waals surface area contributed by atoms with Crippen LogP contribution in [0.15, 0.2) is 42.6 Å². The van der Waals surface area contributed by atoms with Crippen LogP contribution in [-0.2, 0) is 5.88 Å². The summed E-state index contributed by atoms with van der Waals surface area (Å²) in [4.78, 5) is 4.55. The predicted molar refractivity (Wildman–Crippen MR) is 82.5 cm³/mol. The predicted octanol–water partition coefficient (Wildman–Crippen LogP) is 4.28. The van der Waals surface area contributed by atoms with Crippen molar-refractivity contribution in [3.05, 3.63) is 54.0 Å². The van der Waals surface area contributed by atoms with Gasteiger partial charge in [0, 0.05) is 11.6 Å². The number of alkyl halides is 1. The fourth-order valence-electron chi connectivity index (χ4n) is 2.25. The smallest absolute Gasteiger partial charge is 0.0758 e. The highest BCUT2D eigenvalue weighted by atomic mass is 35.5. The molecule has 0 spiro atoms. The average Bonchev–Trinajstić information content (AvgIpc) is 2.96. The van der Waals surface area contributed by atoms with Crippen LogP contribution in [0.2, 0.25) is 0 Å². The van der Waals surface area contributed by atoms with E-state index in [1.54, 1.807) is 0 Å². The van der Waals surface area contributed by atoms with E-state index < -0.39 is 0 Å². The topological polar surface area (TPSA) is 30.7 Å². The van der Waals surface area contributed by atoms with E-state index in [0.29, 0.717) is 11.8 Å². The Morgan fingerprint density at radius 3 is 2.70 bits per heavy atom. The molecule has 0 aliphatic rings. The molecular weight excluding hydrogens is 270 g/mol. The lowest BCUT2D eigenvalue weighted by atomic mass is 10.1. The molecule has 0 unspecified atom stereocenters. The van der Waals surface area contributed by atoms with Crippen molar-refractivity contribution in [2.24, 2.45) is 0 Å². The van der Waals surface area contributed by atoms with Crippen molar-refractivity contribution >= 4 is 22.5 Å². The van der Waals surface area contributed by atoms with Crippen LogP contribution in [0.3, 0.4) is 0 Å². The summed E-state index contributed by atoms with van der Waals surface area (Å²) in [5.74, 6) is 0.813. The van der Waals surface area contributed by atoms with E-state index in [1.165, 1.54) is 0 Å². The summed E-state index contributed by atoms with van der Waals surface area (Å²) in [6.07, 6.45) is 2.00. The van der Waals surface area contributed by atoms with Crippen molar-refractivity contribution in [1.82, 2.24) is 14.8 Å². The average molecular weight is 286 g/mol. The van der Waals surface area contributed by atoms with Crippen LogP contribution in [0.25, 0.3) is 16.6 Å². The zero-order valence-corrected chi connectivity index (χ0v) is 12.3. The number of benzene rings is 1. The number of nitrogens with zero attached hydrogens (tertiary/aromatic N) is 3. The van der Waals surface area contributed by atoms with Gasteiger partial charge in [-0.15, -0.1) is 11.6 Å². The van der Waals surface area contributed by atoms with Crippen LogP contribution >= 0.6 is 11.6 Å². The largest absolute Gasteiger partial charge is 0.251 e. The van der Waals surface area contributed by atoms with E-state index in [2.05, 4.69) is 36.1 Å². The zero-order chi connectivity index (χ0) is 14.1. The summed E-state index contributed by atoms with van der Waals surface area (Å²) in [6.45, 7) is 4.28. The van der Waals surface area contributed by atoms with Crippen LogP contribution in [-0.4, -0.2) is 14.8 Å². The Bertz CT molecular complexity index is 746. The molecule has 0 aliphatic heterocycles. The van der Waals surface area contributed by atoms with Gasteiger partial charge in [-0.05, 0) is 24.1 Å². The molecule has 3 aromatic rings. The minimum atomic E-state index is 0.399. The molecule has 0 amide bonds. The van der Waals surface area contributed by atoms with Gasteiger partial charge in [0.15, 0.2) is 0 Å². The number of hydrogen-bond acceptors (Lipinski definition) is 2. The first kappa shape index (κ1) is 13.1. The Morgan fingerprint density at radius 1 is 1.20 bits per heavy atom. The Balaban J connectivity index is 2.22. The van der Waals surface area contributed by atoms with E-state index >= 15 is 0 Å². The third-order valence-corrected chi connectivity index (χ3v) is 3.61. The number of para-hydroxylation sites is 1. The second-order valence-corrected chi connectivity index (χ2v) is 5.39. The fraction of sp³-hybridized carbons (Fsp3) is 0.250. The van der Waals surface area contributed by atoms with Gasteiger partial charge >= 0.3 is 0 Å². The lowest BCUT2D eigenvalue weighted by Gasteiger charge is -2.08. The highest BCUT2D eigenvalue weighted by Crippen LogP contribution is 2.23. The molecule has 3 rings (SSSR count). The SMILES string of the molecule is CC(C)c1ccn(-c2cc(CCl)nc3ccccc23)n1. The van der Waals surface area contributed by atoms with Crippen molar-refractivity contribution in [2.75, 3.05) is 0 Å². The standard InChI is InChI=1S/C16H16ClN3/c1-11(2)14-7-8-20(19-14)16-9-12(10-17)18-15-6-4-3-5-13(15)16/h3-9,11H,10H2,1-2H3. The van der Waals surface area contributed by atoms with Gasteiger partial charge in [-0.3, -0.25) is 4.98 Å². The lowest BCUT2D eigenvalue weighted by molar-refractivity contribution is 0.770. The molecule has 0 N–H and O–H groups in total. The van der Waals surface area contributed by atoms with Gasteiger partial charge < -0.3 is 0 Å². The molecule has 0 aliphatic carbocycles. The third-order valence-electron chi connectivity index (χ3n) is 3.33. The van der Waals surface area contributed by atoms with Crippen LogP contribution in [0, 0.1) is 0 Å². The Labute approximate surface area is 123 Å². The third kappa shape index (κ3) is 2.29. The van der Waals surface area contributed by atoms with Crippen LogP contribution in [0.5, 0.6) is 0 Å². The van der Waals surface area contributed by atoms with Crippen molar-refractivity contribution in [3.8, 4) is 5.69 Å². The first-order chi connectivity index (χ1) is 9.69. The molecule has 0 atom stereocenters. The number of aromatic nitrogens is 3. The van der Waals surface area contributed by atoms with E-state index in [4.69, 9.17) is 11.6 Å². The molecule has 0 saturated carbocycles. The quantitative estimate of drug-likeness (QED) is 0.672. The Kier molecular flexibility index (Phi) is 3.45. The second kappa shape index (κ2) is 5.25. The summed E-state index contributed by atoms with van der Waals surface area (Å²) in [5.41, 5.74) is 3.92. The molecule has 0 radical (unpaired) electrons. The molecule has 20 heavy (non-hydrogen) atoms. The van der Waals surface area contributed by atoms with Gasteiger partial charge in [0.2, 0.25) is 0 Å². The number of pyridine rings is 1. The second-order valence-electron chi connectivity index (χ2n) is 5.12. The highest BCUT2D eigenvalue weighted by Gasteiger charge is 2.10. The molecule has 0 saturated heterocycles. The molecule has 2 heterocycles. The first-order valence-corrected chi connectivity index (χ1v) is 7.23. The molecular formula is C16H16ClN3. The molecule has 2 aromatic heterocycles. The number of fused-ring (bicyclic) bond motifs is 1. The summed E-state index contributed by atoms with van der Waals surface area (Å²) < 4.78 is 1.91. The Hall–Kier alpha value is -1.87. The van der Waals surface area contributed by atoms with Gasteiger partial charge in [0.05, 0.1) is 28.5 Å². The van der Waals surface area contributed by atoms with Crippen molar-refractivity contribution in [3.63, 3.8) is 0 Å². The van der Waals surface area contributed by atoms with Gasteiger partial charge in [-0.1, -0.05) is 32.0 Å². The van der Waals surface area contributed by atoms with Gasteiger partial charge in [0.25, 0.3) is 0 Å². The monoisotopic (exact) mass is 285 g/mol. The van der Waals surface area contributed by atoms with Crippen molar-refractivity contribution in [1.29, 1.82) is 0 Å². The molecule has 102 valence electrons. The minimum absolute atomic E-state index is 0.399. The maximum absolute atomic E-state index is 5.95. The van der Waals surface area contributed by atoms with E-state index in [-0.39, 0.29) is 0 Å². The fourth-order valence-corrected chi connectivity index (χ4v) is 2.39.